The van der Waals surface area contributed by atoms with E-state index in [2.05, 4.69) is 5.10 Å². The molecule has 2 rings (SSSR count). The Morgan fingerprint density at radius 2 is 1.60 bits per heavy atom. The first kappa shape index (κ1) is 14.0. The van der Waals surface area contributed by atoms with Crippen LogP contribution in [-0.2, 0) is 24.4 Å². The van der Waals surface area contributed by atoms with E-state index in [0.717, 1.165) is 5.01 Å². The van der Waals surface area contributed by atoms with Crippen LogP contribution in [0.25, 0.3) is 0 Å². The van der Waals surface area contributed by atoms with Gasteiger partial charge in [0.05, 0.1) is 10.6 Å². The van der Waals surface area contributed by atoms with Crippen molar-refractivity contribution < 1.29 is 22.8 Å². The Labute approximate surface area is 113 Å². The molecule has 1 aliphatic rings. The van der Waals surface area contributed by atoms with Gasteiger partial charge in [0.2, 0.25) is 10.0 Å². The van der Waals surface area contributed by atoms with E-state index in [1.54, 1.807) is 0 Å². The molecule has 8 nitrogen and oxygen atoms in total. The van der Waals surface area contributed by atoms with Crippen LogP contribution in [0.3, 0.4) is 0 Å². The highest BCUT2D eigenvalue weighted by Crippen LogP contribution is 2.20. The summed E-state index contributed by atoms with van der Waals surface area (Å²) in [4.78, 5) is 34.2. The maximum Gasteiger partial charge on any atom is 0.323 e. The minimum absolute atomic E-state index is 0.120. The van der Waals surface area contributed by atoms with Crippen LogP contribution in [-0.4, -0.2) is 31.6 Å². The molecule has 104 valence electrons. The third-order valence-corrected chi connectivity index (χ3v) is 3.51. The summed E-state index contributed by atoms with van der Waals surface area (Å²) in [6.07, 6.45) is 0. The molecule has 20 heavy (non-hydrogen) atoms. The van der Waals surface area contributed by atoms with Gasteiger partial charge in [-0.05, 0) is 31.2 Å². The van der Waals surface area contributed by atoms with Crippen molar-refractivity contribution in [2.75, 3.05) is 5.01 Å². The van der Waals surface area contributed by atoms with Gasteiger partial charge < -0.3 is 0 Å². The molecule has 9 heteroatoms. The highest BCUT2D eigenvalue weighted by Gasteiger charge is 2.35. The van der Waals surface area contributed by atoms with E-state index in [1.807, 2.05) is 0 Å². The summed E-state index contributed by atoms with van der Waals surface area (Å²) >= 11 is 0. The van der Waals surface area contributed by atoms with Crippen LogP contribution < -0.4 is 10.1 Å². The molecule has 1 amide bonds. The second-order valence-electron chi connectivity index (χ2n) is 4.00. The Hall–Kier alpha value is -2.39. The number of hydrogen-bond acceptors (Lipinski definition) is 6. The molecule has 1 aromatic rings. The lowest BCUT2D eigenvalue weighted by Gasteiger charge is -2.20. The van der Waals surface area contributed by atoms with Crippen LogP contribution in [0, 0.1) is 0 Å². The molecule has 0 spiro atoms. The highest BCUT2D eigenvalue weighted by molar-refractivity contribution is 7.89. The second-order valence-corrected chi connectivity index (χ2v) is 5.56. The van der Waals surface area contributed by atoms with Crippen LogP contribution in [0.4, 0.5) is 5.69 Å². The second kappa shape index (κ2) is 4.62. The Morgan fingerprint density at radius 3 is 2.10 bits per heavy atom. The summed E-state index contributed by atoms with van der Waals surface area (Å²) < 4.78 is 22.2. The molecule has 0 aliphatic carbocycles. The summed E-state index contributed by atoms with van der Waals surface area (Å²) in [7, 11) is -3.85. The maximum atomic E-state index is 11.7. The van der Waals surface area contributed by atoms with Gasteiger partial charge in [0.15, 0.2) is 0 Å². The lowest BCUT2D eigenvalue weighted by Crippen LogP contribution is -2.44. The first-order valence-corrected chi connectivity index (χ1v) is 6.87. The van der Waals surface area contributed by atoms with E-state index >= 15 is 0 Å². The minimum Gasteiger partial charge on any atom is -0.283 e. The number of rotatable bonds is 2. The molecule has 1 aromatic carbocycles. The number of carbonyl (C=O) groups excluding carboxylic acids is 3. The summed E-state index contributed by atoms with van der Waals surface area (Å²) in [5.41, 5.74) is 0.0349. The number of sulfonamides is 1. The summed E-state index contributed by atoms with van der Waals surface area (Å²) in [5.74, 6) is -3.23. The Kier molecular flexibility index (Phi) is 3.24. The number of carbonyl (C=O) groups is 3. The number of primary sulfonamides is 1. The van der Waals surface area contributed by atoms with Crippen molar-refractivity contribution in [1.29, 1.82) is 0 Å². The molecule has 0 saturated heterocycles. The molecule has 0 bridgehead atoms. The van der Waals surface area contributed by atoms with Gasteiger partial charge in [-0.3, -0.25) is 14.4 Å². The molecule has 0 saturated carbocycles. The van der Waals surface area contributed by atoms with Gasteiger partial charge in [0.25, 0.3) is 11.6 Å². The first-order valence-electron chi connectivity index (χ1n) is 5.33. The van der Waals surface area contributed by atoms with Crippen LogP contribution in [0.15, 0.2) is 34.3 Å². The quantitative estimate of drug-likeness (QED) is 0.714. The van der Waals surface area contributed by atoms with Crippen molar-refractivity contribution in [2.24, 2.45) is 10.2 Å². The zero-order chi connectivity index (χ0) is 15.1. The predicted molar refractivity (Wildman–Crippen MR) is 68.4 cm³/mol. The van der Waals surface area contributed by atoms with E-state index in [9.17, 15) is 22.8 Å². The first-order chi connectivity index (χ1) is 9.21. The predicted octanol–water partition coefficient (Wildman–Crippen LogP) is -0.805. The minimum atomic E-state index is -3.85. The third kappa shape index (κ3) is 2.36. The van der Waals surface area contributed by atoms with Gasteiger partial charge in [0, 0.05) is 0 Å². The Balaban J connectivity index is 2.45. The monoisotopic (exact) mass is 295 g/mol. The summed E-state index contributed by atoms with van der Waals surface area (Å²) in [5, 5.41) is 9.39. The van der Waals surface area contributed by atoms with Crippen molar-refractivity contribution in [3.05, 3.63) is 24.3 Å². The molecule has 0 aromatic heterocycles. The normalized spacial score (nSPS) is 16.4. The average molecular weight is 295 g/mol. The van der Waals surface area contributed by atoms with Crippen LogP contribution >= 0.6 is 0 Å². The SMILES string of the molecule is CC1=NN(c2ccc(S(N)(=O)=O)cc2)C(=O)C(=O)C1=O. The highest BCUT2D eigenvalue weighted by atomic mass is 32.2. The summed E-state index contributed by atoms with van der Waals surface area (Å²) in [6, 6.07) is 4.86. The number of nitrogens with two attached hydrogens (primary N) is 1. The molecular formula is C11H9N3O5S. The van der Waals surface area contributed by atoms with Gasteiger partial charge in [-0.2, -0.15) is 10.1 Å². The van der Waals surface area contributed by atoms with Crippen molar-refractivity contribution in [1.82, 2.24) is 0 Å². The molecule has 0 radical (unpaired) electrons. The smallest absolute Gasteiger partial charge is 0.283 e. The number of ketones is 2. The average Bonchev–Trinajstić information content (AvgIpc) is 2.40. The number of hydrazone groups is 1. The maximum absolute atomic E-state index is 11.7. The Morgan fingerprint density at radius 1 is 1.05 bits per heavy atom. The van der Waals surface area contributed by atoms with Crippen LogP contribution in [0.1, 0.15) is 6.92 Å². The molecule has 0 atom stereocenters. The molecular weight excluding hydrogens is 286 g/mol. The van der Waals surface area contributed by atoms with E-state index < -0.39 is 27.5 Å². The van der Waals surface area contributed by atoms with Crippen molar-refractivity contribution in [2.45, 2.75) is 11.8 Å². The molecule has 0 unspecified atom stereocenters. The topological polar surface area (TPSA) is 127 Å². The third-order valence-electron chi connectivity index (χ3n) is 2.58. The number of benzene rings is 1. The van der Waals surface area contributed by atoms with E-state index in [4.69, 9.17) is 5.14 Å². The fraction of sp³-hybridized carbons (Fsp3) is 0.0909. The number of anilines is 1. The fourth-order valence-corrected chi connectivity index (χ4v) is 2.07. The lowest BCUT2D eigenvalue weighted by molar-refractivity contribution is -0.142. The van der Waals surface area contributed by atoms with E-state index in [-0.39, 0.29) is 16.3 Å². The lowest BCUT2D eigenvalue weighted by atomic mass is 10.1. The van der Waals surface area contributed by atoms with Gasteiger partial charge in [-0.15, -0.1) is 0 Å². The number of nitrogens with zero attached hydrogens (tertiary/aromatic N) is 2. The van der Waals surface area contributed by atoms with Crippen molar-refractivity contribution in [3.63, 3.8) is 0 Å². The van der Waals surface area contributed by atoms with Crippen LogP contribution in [0.5, 0.6) is 0 Å². The van der Waals surface area contributed by atoms with Crippen molar-refractivity contribution >= 4 is 38.9 Å². The number of Topliss-reactive ketones (excluding diaryl/α,β-unsaturated/α-hetero) is 2. The fourth-order valence-electron chi connectivity index (χ4n) is 1.55. The molecule has 2 N–H and O–H groups in total. The molecule has 1 aliphatic heterocycles. The van der Waals surface area contributed by atoms with Crippen LogP contribution in [0.2, 0.25) is 0 Å². The molecule has 1 heterocycles. The van der Waals surface area contributed by atoms with E-state index in [1.165, 1.54) is 31.2 Å². The van der Waals surface area contributed by atoms with Gasteiger partial charge in [-0.25, -0.2) is 13.6 Å². The zero-order valence-electron chi connectivity index (χ0n) is 10.2. The summed E-state index contributed by atoms with van der Waals surface area (Å²) in [6.45, 7) is 1.30. The van der Waals surface area contributed by atoms with Gasteiger partial charge in [-0.1, -0.05) is 0 Å². The van der Waals surface area contributed by atoms with E-state index in [0.29, 0.717) is 0 Å². The Bertz CT molecular complexity index is 749. The standard InChI is InChI=1S/C11H9N3O5S/c1-6-9(15)10(16)11(17)14(13-6)7-2-4-8(5-3-7)20(12,18)19/h2-5H,1H3,(H2,12,18,19). The van der Waals surface area contributed by atoms with Gasteiger partial charge in [0.1, 0.15) is 5.71 Å². The largest absolute Gasteiger partial charge is 0.323 e. The molecule has 0 fully saturated rings. The number of hydrogen-bond donors (Lipinski definition) is 1. The van der Waals surface area contributed by atoms with Crippen molar-refractivity contribution in [3.8, 4) is 0 Å². The van der Waals surface area contributed by atoms with Gasteiger partial charge >= 0.3 is 5.91 Å². The zero-order valence-corrected chi connectivity index (χ0v) is 11.0. The number of amides is 1.